The van der Waals surface area contributed by atoms with E-state index in [2.05, 4.69) is 46.3 Å². The van der Waals surface area contributed by atoms with Crippen LogP contribution in [-0.2, 0) is 6.54 Å². The number of benzene rings is 3. The number of unbranched alkanes of at least 4 members (excludes halogenated alkanes) is 1. The Morgan fingerprint density at radius 3 is 2.33 bits per heavy atom. The van der Waals surface area contributed by atoms with E-state index in [0.29, 0.717) is 5.56 Å². The molecule has 1 amide bonds. The first-order valence-electron chi connectivity index (χ1n) is 12.2. The second-order valence-corrected chi connectivity index (χ2v) is 8.92. The minimum absolute atomic E-state index is 0.0758. The van der Waals surface area contributed by atoms with Crippen molar-refractivity contribution in [3.05, 3.63) is 90.0 Å². The topological polar surface area (TPSA) is 35.6 Å². The molecule has 4 nitrogen and oxygen atoms in total. The van der Waals surface area contributed by atoms with Crippen LogP contribution in [0.1, 0.15) is 42.1 Å². The van der Waals surface area contributed by atoms with Crippen LogP contribution in [0.25, 0.3) is 11.1 Å². The van der Waals surface area contributed by atoms with Crippen LogP contribution in [0.4, 0.5) is 5.69 Å². The number of nitrogens with one attached hydrogen (secondary N) is 1. The fourth-order valence-corrected chi connectivity index (χ4v) is 4.44. The van der Waals surface area contributed by atoms with Gasteiger partial charge in [0, 0.05) is 30.9 Å². The first kappa shape index (κ1) is 23.2. The van der Waals surface area contributed by atoms with E-state index in [-0.39, 0.29) is 5.91 Å². The monoisotopic (exact) mass is 441 g/mol. The molecular weight excluding hydrogens is 406 g/mol. The molecule has 1 saturated heterocycles. The third kappa shape index (κ3) is 6.77. The zero-order valence-electron chi connectivity index (χ0n) is 19.7. The van der Waals surface area contributed by atoms with Crippen molar-refractivity contribution in [2.24, 2.45) is 0 Å². The van der Waals surface area contributed by atoms with Crippen molar-refractivity contribution in [3.63, 3.8) is 0 Å². The number of nitrogens with zero attached hydrogens (tertiary/aromatic N) is 2. The summed E-state index contributed by atoms with van der Waals surface area (Å²) in [4.78, 5) is 17.9. The van der Waals surface area contributed by atoms with Gasteiger partial charge in [-0.05, 0) is 73.4 Å². The molecule has 1 fully saturated rings. The van der Waals surface area contributed by atoms with Crippen molar-refractivity contribution >= 4 is 11.6 Å². The second-order valence-electron chi connectivity index (χ2n) is 8.92. The number of anilines is 1. The van der Waals surface area contributed by atoms with Crippen LogP contribution in [-0.4, -0.2) is 48.4 Å². The number of rotatable bonds is 8. The van der Waals surface area contributed by atoms with Gasteiger partial charge in [-0.15, -0.1) is 0 Å². The summed E-state index contributed by atoms with van der Waals surface area (Å²) in [6.45, 7) is 9.00. The zero-order valence-corrected chi connectivity index (χ0v) is 19.7. The van der Waals surface area contributed by atoms with Crippen LogP contribution < -0.4 is 5.32 Å². The zero-order chi connectivity index (χ0) is 22.9. The molecular formula is C29H35N3O. The smallest absolute Gasteiger partial charge is 0.255 e. The maximum atomic E-state index is 12.8. The summed E-state index contributed by atoms with van der Waals surface area (Å²) in [5.74, 6) is -0.0758. The average Bonchev–Trinajstić information content (AvgIpc) is 3.08. The summed E-state index contributed by atoms with van der Waals surface area (Å²) in [5, 5.41) is 3.07. The van der Waals surface area contributed by atoms with Gasteiger partial charge in [-0.3, -0.25) is 9.69 Å². The summed E-state index contributed by atoms with van der Waals surface area (Å²) in [5.41, 5.74) is 5.03. The van der Waals surface area contributed by atoms with E-state index in [1.54, 1.807) is 0 Å². The molecule has 0 unspecified atom stereocenters. The van der Waals surface area contributed by atoms with E-state index in [0.717, 1.165) is 43.0 Å². The molecule has 0 saturated carbocycles. The number of carbonyl (C=O) groups is 1. The molecule has 4 rings (SSSR count). The van der Waals surface area contributed by atoms with Gasteiger partial charge in [-0.25, -0.2) is 0 Å². The van der Waals surface area contributed by atoms with Crippen LogP contribution in [0, 0.1) is 0 Å². The Bertz CT molecular complexity index is 1020. The normalized spacial score (nSPS) is 15.2. The number of carbonyl (C=O) groups excluding carboxylic acids is 1. The Hall–Kier alpha value is -2.95. The van der Waals surface area contributed by atoms with Crippen molar-refractivity contribution in [1.29, 1.82) is 0 Å². The highest BCUT2D eigenvalue weighted by Gasteiger charge is 2.15. The maximum absolute atomic E-state index is 12.8. The Morgan fingerprint density at radius 2 is 1.55 bits per heavy atom. The lowest BCUT2D eigenvalue weighted by Crippen LogP contribution is -2.31. The summed E-state index contributed by atoms with van der Waals surface area (Å²) < 4.78 is 0. The largest absolute Gasteiger partial charge is 0.322 e. The first-order chi connectivity index (χ1) is 16.2. The van der Waals surface area contributed by atoms with Crippen LogP contribution >= 0.6 is 0 Å². The number of amides is 1. The molecule has 172 valence electrons. The van der Waals surface area contributed by atoms with Gasteiger partial charge in [0.1, 0.15) is 0 Å². The second kappa shape index (κ2) is 11.8. The van der Waals surface area contributed by atoms with E-state index in [1.165, 1.54) is 37.9 Å². The van der Waals surface area contributed by atoms with Gasteiger partial charge < -0.3 is 10.2 Å². The van der Waals surface area contributed by atoms with Gasteiger partial charge in [0.05, 0.1) is 0 Å². The minimum atomic E-state index is -0.0758. The molecule has 1 aliphatic rings. The third-order valence-electron chi connectivity index (χ3n) is 6.35. The lowest BCUT2D eigenvalue weighted by Gasteiger charge is -2.22. The summed E-state index contributed by atoms with van der Waals surface area (Å²) >= 11 is 0. The predicted octanol–water partition coefficient (Wildman–Crippen LogP) is 5.91. The summed E-state index contributed by atoms with van der Waals surface area (Å²) in [7, 11) is 0. The lowest BCUT2D eigenvalue weighted by molar-refractivity contribution is 0.102. The van der Waals surface area contributed by atoms with Crippen molar-refractivity contribution in [1.82, 2.24) is 9.80 Å². The Morgan fingerprint density at radius 1 is 0.818 bits per heavy atom. The first-order valence-corrected chi connectivity index (χ1v) is 12.2. The van der Waals surface area contributed by atoms with Gasteiger partial charge in [-0.2, -0.15) is 0 Å². The quantitative estimate of drug-likeness (QED) is 0.472. The molecule has 0 radical (unpaired) electrons. The van der Waals surface area contributed by atoms with Crippen molar-refractivity contribution in [2.45, 2.75) is 32.7 Å². The Kier molecular flexibility index (Phi) is 8.29. The highest BCUT2D eigenvalue weighted by atomic mass is 16.1. The van der Waals surface area contributed by atoms with Gasteiger partial charge in [0.2, 0.25) is 0 Å². The molecule has 1 heterocycles. The molecule has 1 N–H and O–H groups in total. The van der Waals surface area contributed by atoms with Crippen LogP contribution in [0.3, 0.4) is 0 Å². The fraction of sp³-hybridized carbons (Fsp3) is 0.345. The lowest BCUT2D eigenvalue weighted by atomic mass is 10.0. The molecule has 1 aliphatic heterocycles. The Balaban J connectivity index is 1.33. The highest BCUT2D eigenvalue weighted by molar-refractivity contribution is 6.04. The van der Waals surface area contributed by atoms with Crippen molar-refractivity contribution < 1.29 is 4.79 Å². The molecule has 0 bridgehead atoms. The average molecular weight is 442 g/mol. The SMILES string of the molecule is CCCCN1CCCN(Cc2cccc(NC(=O)c3ccc(-c4ccccc4)cc3)c2)CC1. The standard InChI is InChI=1S/C29H35N3O/c1-2-3-17-31-18-8-19-32(21-20-31)23-24-9-7-12-28(22-24)30-29(33)27-15-13-26(14-16-27)25-10-5-4-6-11-25/h4-7,9-16,22H,2-3,8,17-21,23H2,1H3,(H,30,33). The molecule has 0 aromatic heterocycles. The van der Waals surface area contributed by atoms with Crippen LogP contribution in [0.2, 0.25) is 0 Å². The molecule has 4 heteroatoms. The predicted molar refractivity (Wildman–Crippen MR) is 138 cm³/mol. The van der Waals surface area contributed by atoms with Gasteiger partial charge in [-0.1, -0.05) is 67.9 Å². The Labute approximate surface area is 198 Å². The highest BCUT2D eigenvalue weighted by Crippen LogP contribution is 2.20. The van der Waals surface area contributed by atoms with E-state index in [1.807, 2.05) is 54.6 Å². The van der Waals surface area contributed by atoms with Gasteiger partial charge >= 0.3 is 0 Å². The van der Waals surface area contributed by atoms with E-state index < -0.39 is 0 Å². The van der Waals surface area contributed by atoms with Crippen LogP contribution in [0.15, 0.2) is 78.9 Å². The van der Waals surface area contributed by atoms with Gasteiger partial charge in [0.25, 0.3) is 5.91 Å². The van der Waals surface area contributed by atoms with Gasteiger partial charge in [0.15, 0.2) is 0 Å². The van der Waals surface area contributed by atoms with E-state index in [9.17, 15) is 4.79 Å². The molecule has 0 atom stereocenters. The molecule has 33 heavy (non-hydrogen) atoms. The molecule has 0 spiro atoms. The number of hydrogen-bond acceptors (Lipinski definition) is 3. The molecule has 0 aliphatic carbocycles. The maximum Gasteiger partial charge on any atom is 0.255 e. The number of hydrogen-bond donors (Lipinski definition) is 1. The fourth-order valence-electron chi connectivity index (χ4n) is 4.44. The van der Waals surface area contributed by atoms with E-state index >= 15 is 0 Å². The van der Waals surface area contributed by atoms with Crippen molar-refractivity contribution in [2.75, 3.05) is 38.0 Å². The van der Waals surface area contributed by atoms with Crippen molar-refractivity contribution in [3.8, 4) is 11.1 Å². The van der Waals surface area contributed by atoms with E-state index in [4.69, 9.17) is 0 Å². The van der Waals surface area contributed by atoms with Crippen LogP contribution in [0.5, 0.6) is 0 Å². The minimum Gasteiger partial charge on any atom is -0.322 e. The summed E-state index contributed by atoms with van der Waals surface area (Å²) in [6, 6.07) is 26.3. The summed E-state index contributed by atoms with van der Waals surface area (Å²) in [6.07, 6.45) is 3.77. The molecule has 3 aromatic carbocycles. The third-order valence-corrected chi connectivity index (χ3v) is 6.35. The molecule has 3 aromatic rings.